The number of likely N-dealkylation sites (tertiary alicyclic amines) is 1. The van der Waals surface area contributed by atoms with Crippen molar-refractivity contribution in [3.05, 3.63) is 23.3 Å². The van der Waals surface area contributed by atoms with Gasteiger partial charge in [-0.25, -0.2) is 0 Å². The second kappa shape index (κ2) is 4.93. The Morgan fingerprint density at radius 2 is 2.14 bits per heavy atom. The number of carbonyl (C=O) groups excluding carboxylic acids is 1. The summed E-state index contributed by atoms with van der Waals surface area (Å²) in [5.74, 6) is 1.16. The van der Waals surface area contributed by atoms with E-state index < -0.39 is 5.60 Å². The lowest BCUT2D eigenvalue weighted by atomic mass is 9.33. The van der Waals surface area contributed by atoms with Crippen LogP contribution in [0.2, 0.25) is 0 Å². The zero-order chi connectivity index (χ0) is 19.6. The highest BCUT2D eigenvalue weighted by Gasteiger charge is 2.82. The number of benzene rings is 1. The van der Waals surface area contributed by atoms with E-state index >= 15 is 0 Å². The lowest BCUT2D eigenvalue weighted by Gasteiger charge is -2.75. The molecule has 150 valence electrons. The number of methoxy groups -OCH3 is 1. The summed E-state index contributed by atoms with van der Waals surface area (Å²) in [6, 6.07) is 4.27. The van der Waals surface area contributed by atoms with E-state index in [2.05, 4.69) is 24.9 Å². The third-order valence-corrected chi connectivity index (χ3v) is 9.49. The van der Waals surface area contributed by atoms with E-state index in [0.717, 1.165) is 32.2 Å². The quantitative estimate of drug-likeness (QED) is 0.851. The average molecular weight is 383 g/mol. The smallest absolute Gasteiger partial charge is 0.165 e. The van der Waals surface area contributed by atoms with Gasteiger partial charge in [0.05, 0.1) is 5.92 Å². The third kappa shape index (κ3) is 1.47. The highest BCUT2D eigenvalue weighted by atomic mass is 16.6. The van der Waals surface area contributed by atoms with Crippen LogP contribution >= 0.6 is 0 Å². The zero-order valence-electron chi connectivity index (χ0n) is 17.1. The summed E-state index contributed by atoms with van der Waals surface area (Å²) in [6.45, 7) is 4.97. The Labute approximate surface area is 166 Å². The van der Waals surface area contributed by atoms with E-state index in [4.69, 9.17) is 9.47 Å². The van der Waals surface area contributed by atoms with Crippen LogP contribution < -0.4 is 4.74 Å². The number of Topliss-reactive ketones (excluding diaryl/α,β-unsaturated/α-hetero) is 1. The van der Waals surface area contributed by atoms with Crippen LogP contribution in [0, 0.1) is 17.3 Å². The zero-order valence-corrected chi connectivity index (χ0v) is 17.1. The van der Waals surface area contributed by atoms with Crippen LogP contribution in [0.15, 0.2) is 12.1 Å². The molecule has 2 spiro atoms. The van der Waals surface area contributed by atoms with Gasteiger partial charge in [-0.2, -0.15) is 0 Å². The monoisotopic (exact) mass is 383 g/mol. The molecule has 7 rings (SSSR count). The molecular formula is C23H29NO4. The van der Waals surface area contributed by atoms with Crippen molar-refractivity contribution in [2.75, 3.05) is 20.7 Å². The molecule has 4 fully saturated rings. The number of phenols is 1. The van der Waals surface area contributed by atoms with Gasteiger partial charge in [-0.05, 0) is 63.7 Å². The fraction of sp³-hybridized carbons (Fsp3) is 0.696. The largest absolute Gasteiger partial charge is 0.504 e. The number of piperidine rings is 1. The number of hydrogen-bond donors (Lipinski definition) is 1. The number of ketones is 1. The first-order chi connectivity index (χ1) is 13.3. The Morgan fingerprint density at radius 1 is 1.36 bits per heavy atom. The van der Waals surface area contributed by atoms with Crippen LogP contribution in [0.5, 0.6) is 11.5 Å². The Morgan fingerprint density at radius 3 is 2.86 bits per heavy atom. The van der Waals surface area contributed by atoms with Crippen LogP contribution in [0.25, 0.3) is 0 Å². The van der Waals surface area contributed by atoms with Crippen molar-refractivity contribution in [3.8, 4) is 11.5 Å². The van der Waals surface area contributed by atoms with Crippen molar-refractivity contribution in [2.45, 2.75) is 62.7 Å². The van der Waals surface area contributed by atoms with Gasteiger partial charge >= 0.3 is 0 Å². The van der Waals surface area contributed by atoms with E-state index in [9.17, 15) is 9.90 Å². The number of ether oxygens (including phenoxy) is 2. The summed E-state index contributed by atoms with van der Waals surface area (Å²) >= 11 is 0. The van der Waals surface area contributed by atoms with Gasteiger partial charge in [-0.15, -0.1) is 0 Å². The van der Waals surface area contributed by atoms with Gasteiger partial charge < -0.3 is 19.5 Å². The number of aromatic hydroxyl groups is 1. The summed E-state index contributed by atoms with van der Waals surface area (Å²) in [5, 5.41) is 10.7. The maximum Gasteiger partial charge on any atom is 0.165 e. The van der Waals surface area contributed by atoms with Gasteiger partial charge in [0.1, 0.15) is 17.5 Å². The molecule has 4 bridgehead atoms. The molecule has 28 heavy (non-hydrogen) atoms. The maximum atomic E-state index is 12.9. The van der Waals surface area contributed by atoms with Crippen molar-refractivity contribution in [1.29, 1.82) is 0 Å². The highest BCUT2D eigenvalue weighted by Crippen LogP contribution is 2.77. The molecule has 2 heterocycles. The number of fused-ring (bicyclic) bond motifs is 2. The molecule has 2 aliphatic heterocycles. The molecule has 6 aliphatic rings. The van der Waals surface area contributed by atoms with E-state index in [0.29, 0.717) is 11.8 Å². The Kier molecular flexibility index (Phi) is 3.04. The molecular weight excluding hydrogens is 354 g/mol. The van der Waals surface area contributed by atoms with E-state index in [1.807, 2.05) is 0 Å². The molecule has 7 atom stereocenters. The number of hydrogen-bond acceptors (Lipinski definition) is 5. The molecule has 5 heteroatoms. The predicted molar refractivity (Wildman–Crippen MR) is 104 cm³/mol. The minimum Gasteiger partial charge on any atom is -0.504 e. The minimum atomic E-state index is -0.631. The Hall–Kier alpha value is -1.59. The fourth-order valence-electron chi connectivity index (χ4n) is 8.67. The van der Waals surface area contributed by atoms with Gasteiger partial charge in [-0.3, -0.25) is 4.79 Å². The number of likely N-dealkylation sites (N-methyl/N-ethyl adjacent to an activating group) is 1. The molecule has 1 aromatic rings. The summed E-state index contributed by atoms with van der Waals surface area (Å²) in [7, 11) is 3.99. The standard InChI is InChI=1S/C23H29NO4/c1-12-10-21-11-15(13(2)25)23(12,27-4)20-22(21)7-8-24(3)17(21)9-14-5-6-16(26)19(28-20)18(14)22/h5-6,12,15,17,20,26H,7-11H2,1-4H3/t12?,15-,17+,20+,21+,22-,23+/m0/s1. The van der Waals surface area contributed by atoms with Crippen molar-refractivity contribution in [3.63, 3.8) is 0 Å². The molecule has 1 saturated heterocycles. The molecule has 0 radical (unpaired) electrons. The third-order valence-electron chi connectivity index (χ3n) is 9.49. The summed E-state index contributed by atoms with van der Waals surface area (Å²) in [4.78, 5) is 15.4. The van der Waals surface area contributed by atoms with Gasteiger partial charge in [0.15, 0.2) is 11.5 Å². The van der Waals surface area contributed by atoms with E-state index in [1.54, 1.807) is 20.1 Å². The predicted octanol–water partition coefficient (Wildman–Crippen LogP) is 2.67. The second-order valence-electron chi connectivity index (χ2n) is 10.1. The lowest BCUT2D eigenvalue weighted by Crippen LogP contribution is -2.83. The van der Waals surface area contributed by atoms with Gasteiger partial charge in [0.25, 0.3) is 0 Å². The van der Waals surface area contributed by atoms with Gasteiger partial charge in [0.2, 0.25) is 0 Å². The van der Waals surface area contributed by atoms with Gasteiger partial charge in [0, 0.05) is 29.5 Å². The molecule has 1 N–H and O–H groups in total. The minimum absolute atomic E-state index is 0.00720. The number of rotatable bonds is 2. The molecule has 0 aromatic heterocycles. The van der Waals surface area contributed by atoms with Crippen LogP contribution in [-0.2, 0) is 21.4 Å². The maximum absolute atomic E-state index is 12.9. The van der Waals surface area contributed by atoms with E-state index in [-0.39, 0.29) is 40.3 Å². The molecule has 1 aromatic carbocycles. The summed E-state index contributed by atoms with van der Waals surface area (Å²) in [6.07, 6.45) is 3.66. The topological polar surface area (TPSA) is 59.0 Å². The first-order valence-corrected chi connectivity index (χ1v) is 10.6. The SMILES string of the molecule is CO[C@]12C(C)C[C@@]3(C[C@H]1C(C)=O)[C@H]1Cc4ccc(O)c5c4[C@@]3(CCN1C)[C@H]2O5. The van der Waals surface area contributed by atoms with Crippen LogP contribution in [-0.4, -0.2) is 54.2 Å². The van der Waals surface area contributed by atoms with Gasteiger partial charge in [-0.1, -0.05) is 13.0 Å². The lowest BCUT2D eigenvalue weighted by molar-refractivity contribution is -0.291. The molecule has 3 saturated carbocycles. The average Bonchev–Trinajstić information content (AvgIpc) is 3.02. The Balaban J connectivity index is 1.72. The van der Waals surface area contributed by atoms with Crippen molar-refractivity contribution in [1.82, 2.24) is 4.90 Å². The number of phenolic OH excluding ortho intramolecular Hbond substituents is 1. The first-order valence-electron chi connectivity index (χ1n) is 10.6. The molecule has 0 amide bonds. The van der Waals surface area contributed by atoms with Crippen molar-refractivity contribution >= 4 is 5.78 Å². The van der Waals surface area contributed by atoms with E-state index in [1.165, 1.54) is 11.1 Å². The fourth-order valence-corrected chi connectivity index (χ4v) is 8.67. The Bertz CT molecular complexity index is 914. The summed E-state index contributed by atoms with van der Waals surface area (Å²) < 4.78 is 13.0. The van der Waals surface area contributed by atoms with Crippen LogP contribution in [0.4, 0.5) is 0 Å². The first kappa shape index (κ1) is 17.3. The highest BCUT2D eigenvalue weighted by molar-refractivity contribution is 5.81. The normalized spacial score (nSPS) is 47.6. The summed E-state index contributed by atoms with van der Waals surface area (Å²) in [5.41, 5.74) is 1.74. The second-order valence-corrected chi connectivity index (χ2v) is 10.1. The van der Waals surface area contributed by atoms with Crippen LogP contribution in [0.3, 0.4) is 0 Å². The molecule has 1 unspecified atom stereocenters. The number of nitrogens with zero attached hydrogens (tertiary/aromatic N) is 1. The van der Waals surface area contributed by atoms with Crippen molar-refractivity contribution in [2.24, 2.45) is 17.3 Å². The molecule has 5 nitrogen and oxygen atoms in total. The van der Waals surface area contributed by atoms with Crippen molar-refractivity contribution < 1.29 is 19.4 Å². The number of carbonyl (C=O) groups is 1. The molecule has 4 aliphatic carbocycles. The van der Waals surface area contributed by atoms with Crippen LogP contribution in [0.1, 0.15) is 44.2 Å².